The third kappa shape index (κ3) is 2.90. The molecule has 5 heteroatoms. The fraction of sp³-hybridized carbons (Fsp3) is 0.0909. The fourth-order valence-electron chi connectivity index (χ4n) is 1.21. The third-order valence-corrected chi connectivity index (χ3v) is 3.26. The molecule has 0 radical (unpaired) electrons. The van der Waals surface area contributed by atoms with E-state index in [1.54, 1.807) is 6.07 Å². The van der Waals surface area contributed by atoms with Crippen molar-refractivity contribution in [2.24, 2.45) is 0 Å². The number of nitrogens with zero attached hydrogens (tertiary/aromatic N) is 1. The molecule has 2 aromatic rings. The first-order chi connectivity index (χ1) is 7.75. The zero-order valence-corrected chi connectivity index (χ0v) is 10.7. The van der Waals surface area contributed by atoms with E-state index >= 15 is 0 Å². The number of pyridine rings is 1. The maximum Gasteiger partial charge on any atom is 0.261 e. The van der Waals surface area contributed by atoms with Crippen molar-refractivity contribution in [3.8, 4) is 0 Å². The average molecular weight is 297 g/mol. The molecular formula is C11H9BrN2OS. The Balaban J connectivity index is 1.95. The van der Waals surface area contributed by atoms with Crippen LogP contribution in [0.4, 0.5) is 0 Å². The van der Waals surface area contributed by atoms with Gasteiger partial charge < -0.3 is 5.32 Å². The van der Waals surface area contributed by atoms with Crippen LogP contribution in [-0.2, 0) is 6.54 Å². The van der Waals surface area contributed by atoms with E-state index in [9.17, 15) is 4.79 Å². The molecule has 0 saturated carbocycles. The lowest BCUT2D eigenvalue weighted by atomic mass is 10.3. The Bertz CT molecular complexity index is 484. The monoisotopic (exact) mass is 296 g/mol. The molecule has 0 aliphatic rings. The van der Waals surface area contributed by atoms with Gasteiger partial charge in [-0.15, -0.1) is 11.3 Å². The summed E-state index contributed by atoms with van der Waals surface area (Å²) in [6.07, 6.45) is 0. The Kier molecular flexibility index (Phi) is 3.69. The van der Waals surface area contributed by atoms with Gasteiger partial charge in [0.05, 0.1) is 17.1 Å². The summed E-state index contributed by atoms with van der Waals surface area (Å²) in [5.41, 5.74) is 0.833. The first-order valence-corrected chi connectivity index (χ1v) is 6.36. The highest BCUT2D eigenvalue weighted by Gasteiger charge is 2.05. The highest BCUT2D eigenvalue weighted by molar-refractivity contribution is 9.10. The molecule has 0 spiro atoms. The molecule has 82 valence electrons. The van der Waals surface area contributed by atoms with Crippen LogP contribution in [-0.4, -0.2) is 10.9 Å². The van der Waals surface area contributed by atoms with E-state index in [0.717, 1.165) is 15.2 Å². The number of halogens is 1. The van der Waals surface area contributed by atoms with E-state index in [0.29, 0.717) is 6.54 Å². The minimum absolute atomic E-state index is 0.0585. The van der Waals surface area contributed by atoms with Gasteiger partial charge in [0, 0.05) is 0 Å². The van der Waals surface area contributed by atoms with Gasteiger partial charge in [-0.3, -0.25) is 4.79 Å². The molecule has 2 rings (SSSR count). The predicted octanol–water partition coefficient (Wildman–Crippen LogP) is 2.84. The number of hydrogen-bond donors (Lipinski definition) is 1. The molecule has 1 amide bonds. The van der Waals surface area contributed by atoms with Crippen LogP contribution in [0.1, 0.15) is 15.4 Å². The van der Waals surface area contributed by atoms with Gasteiger partial charge in [-0.05, 0) is 39.5 Å². The third-order valence-electron chi connectivity index (χ3n) is 1.95. The van der Waals surface area contributed by atoms with Crippen LogP contribution in [0.25, 0.3) is 0 Å². The Morgan fingerprint density at radius 2 is 2.25 bits per heavy atom. The van der Waals surface area contributed by atoms with Crippen molar-refractivity contribution in [3.63, 3.8) is 0 Å². The molecule has 2 heterocycles. The standard InChI is InChI=1S/C11H9BrN2OS/c12-10-5-1-3-8(14-10)7-13-11(15)9-4-2-6-16-9/h1-6H,7H2,(H,13,15). The van der Waals surface area contributed by atoms with Crippen LogP contribution < -0.4 is 5.32 Å². The van der Waals surface area contributed by atoms with E-state index in [1.165, 1.54) is 11.3 Å². The van der Waals surface area contributed by atoms with Crippen LogP contribution in [0, 0.1) is 0 Å². The minimum Gasteiger partial charge on any atom is -0.346 e. The summed E-state index contributed by atoms with van der Waals surface area (Å²) >= 11 is 4.71. The second kappa shape index (κ2) is 5.23. The van der Waals surface area contributed by atoms with Crippen LogP contribution in [0.15, 0.2) is 40.3 Å². The second-order valence-electron chi connectivity index (χ2n) is 3.11. The van der Waals surface area contributed by atoms with Gasteiger partial charge in [-0.1, -0.05) is 12.1 Å². The number of rotatable bonds is 3. The lowest BCUT2D eigenvalue weighted by Crippen LogP contribution is -2.22. The predicted molar refractivity (Wildman–Crippen MR) is 67.4 cm³/mol. The van der Waals surface area contributed by atoms with Gasteiger partial charge >= 0.3 is 0 Å². The maximum absolute atomic E-state index is 11.6. The largest absolute Gasteiger partial charge is 0.346 e. The van der Waals surface area contributed by atoms with Gasteiger partial charge in [0.15, 0.2) is 0 Å². The van der Waals surface area contributed by atoms with E-state index in [1.807, 2.05) is 29.6 Å². The highest BCUT2D eigenvalue weighted by Crippen LogP contribution is 2.09. The average Bonchev–Trinajstić information content (AvgIpc) is 2.79. The number of nitrogens with one attached hydrogen (secondary N) is 1. The molecule has 1 N–H and O–H groups in total. The molecule has 3 nitrogen and oxygen atoms in total. The molecule has 0 aliphatic carbocycles. The summed E-state index contributed by atoms with van der Waals surface area (Å²) in [6, 6.07) is 9.28. The van der Waals surface area contributed by atoms with Crippen LogP contribution in [0.3, 0.4) is 0 Å². The van der Waals surface area contributed by atoms with Crippen molar-refractivity contribution in [2.45, 2.75) is 6.54 Å². The molecule has 0 bridgehead atoms. The Morgan fingerprint density at radius 3 is 2.94 bits per heavy atom. The molecular weight excluding hydrogens is 288 g/mol. The number of hydrogen-bond acceptors (Lipinski definition) is 3. The van der Waals surface area contributed by atoms with E-state index in [2.05, 4.69) is 26.2 Å². The summed E-state index contributed by atoms with van der Waals surface area (Å²) in [6.45, 7) is 0.441. The Hall–Kier alpha value is -1.20. The first kappa shape index (κ1) is 11.3. The van der Waals surface area contributed by atoms with Crippen molar-refractivity contribution >= 4 is 33.2 Å². The molecule has 0 aliphatic heterocycles. The van der Waals surface area contributed by atoms with Gasteiger partial charge in [-0.2, -0.15) is 0 Å². The topological polar surface area (TPSA) is 42.0 Å². The highest BCUT2D eigenvalue weighted by atomic mass is 79.9. The van der Waals surface area contributed by atoms with Gasteiger partial charge in [0.1, 0.15) is 4.60 Å². The maximum atomic E-state index is 11.6. The molecule has 0 aromatic carbocycles. The lowest BCUT2D eigenvalue weighted by molar-refractivity contribution is 0.0954. The number of thiophene rings is 1. The van der Waals surface area contributed by atoms with Crippen LogP contribution in [0.2, 0.25) is 0 Å². The lowest BCUT2D eigenvalue weighted by Gasteiger charge is -2.03. The van der Waals surface area contributed by atoms with Crippen LogP contribution in [0.5, 0.6) is 0 Å². The van der Waals surface area contributed by atoms with Gasteiger partial charge in [-0.25, -0.2) is 4.98 Å². The number of carbonyl (C=O) groups excluding carboxylic acids is 1. The van der Waals surface area contributed by atoms with E-state index in [-0.39, 0.29) is 5.91 Å². The van der Waals surface area contributed by atoms with Gasteiger partial charge in [0.2, 0.25) is 0 Å². The Labute approximate surface area is 106 Å². The van der Waals surface area contributed by atoms with E-state index in [4.69, 9.17) is 0 Å². The summed E-state index contributed by atoms with van der Waals surface area (Å²) < 4.78 is 0.773. The molecule has 0 unspecified atom stereocenters. The number of amides is 1. The van der Waals surface area contributed by atoms with Crippen molar-refractivity contribution < 1.29 is 4.79 Å². The zero-order chi connectivity index (χ0) is 11.4. The SMILES string of the molecule is O=C(NCc1cccc(Br)n1)c1cccs1. The molecule has 2 aromatic heterocycles. The van der Waals surface area contributed by atoms with Gasteiger partial charge in [0.25, 0.3) is 5.91 Å². The van der Waals surface area contributed by atoms with Crippen LogP contribution >= 0.6 is 27.3 Å². The molecule has 0 saturated heterocycles. The molecule has 16 heavy (non-hydrogen) atoms. The van der Waals surface area contributed by atoms with Crippen molar-refractivity contribution in [3.05, 3.63) is 50.9 Å². The second-order valence-corrected chi connectivity index (χ2v) is 4.87. The summed E-state index contributed by atoms with van der Waals surface area (Å²) in [4.78, 5) is 16.6. The summed E-state index contributed by atoms with van der Waals surface area (Å²) in [5.74, 6) is -0.0585. The smallest absolute Gasteiger partial charge is 0.261 e. The zero-order valence-electron chi connectivity index (χ0n) is 8.31. The number of aromatic nitrogens is 1. The molecule has 0 atom stereocenters. The molecule has 0 fully saturated rings. The van der Waals surface area contributed by atoms with Crippen molar-refractivity contribution in [1.82, 2.24) is 10.3 Å². The number of carbonyl (C=O) groups is 1. The quantitative estimate of drug-likeness (QED) is 0.885. The van der Waals surface area contributed by atoms with Crippen molar-refractivity contribution in [1.29, 1.82) is 0 Å². The normalized spacial score (nSPS) is 10.1. The Morgan fingerprint density at radius 1 is 1.38 bits per heavy atom. The minimum atomic E-state index is -0.0585. The van der Waals surface area contributed by atoms with E-state index < -0.39 is 0 Å². The van der Waals surface area contributed by atoms with Crippen molar-refractivity contribution in [2.75, 3.05) is 0 Å². The fourth-order valence-corrected chi connectivity index (χ4v) is 2.23. The summed E-state index contributed by atoms with van der Waals surface area (Å²) in [7, 11) is 0. The first-order valence-electron chi connectivity index (χ1n) is 4.69. The summed E-state index contributed by atoms with van der Waals surface area (Å²) in [5, 5.41) is 4.70.